The molecule has 0 saturated heterocycles. The molecule has 0 aliphatic heterocycles. The Hall–Kier alpha value is -0.600. The lowest BCUT2D eigenvalue weighted by Crippen LogP contribution is -2.46. The highest BCUT2D eigenvalue weighted by Crippen LogP contribution is 2.04. The first-order valence-electron chi connectivity index (χ1n) is 8.67. The van der Waals surface area contributed by atoms with Gasteiger partial charge in [-0.05, 0) is 0 Å². The Morgan fingerprint density at radius 3 is 0.533 bits per heavy atom. The van der Waals surface area contributed by atoms with Gasteiger partial charge in [0.25, 0.3) is 0 Å². The fourth-order valence-corrected chi connectivity index (χ4v) is 1.40. The van der Waals surface area contributed by atoms with Gasteiger partial charge in [-0.15, -0.1) is 0 Å². The summed E-state index contributed by atoms with van der Waals surface area (Å²) < 4.78 is 0. The summed E-state index contributed by atoms with van der Waals surface area (Å²) in [5, 5.41) is 128. The molecule has 0 bridgehead atoms. The average molecular weight is 456 g/mol. The van der Waals surface area contributed by atoms with E-state index < -0.39 is 81.4 Å². The van der Waals surface area contributed by atoms with Gasteiger partial charge in [-0.25, -0.2) is 0 Å². The third-order valence-corrected chi connectivity index (χ3v) is 3.45. The minimum Gasteiger partial charge on any atom is -0.394 e. The highest BCUT2D eigenvalue weighted by atomic mass is 16.4. The van der Waals surface area contributed by atoms with Crippen molar-refractivity contribution in [1.29, 1.82) is 0 Å². The molecule has 15 N–H and O–H groups in total. The van der Waals surface area contributed by atoms with Gasteiger partial charge in [0.1, 0.15) is 54.9 Å². The summed E-state index contributed by atoms with van der Waals surface area (Å²) in [5.74, 6) is 0. The summed E-state index contributed by atoms with van der Waals surface area (Å²) in [6.45, 7) is -3.63. The molecule has 15 heteroatoms. The van der Waals surface area contributed by atoms with Gasteiger partial charge in [-0.3, -0.25) is 0 Å². The molecule has 8 atom stereocenters. The van der Waals surface area contributed by atoms with Crippen LogP contribution in [0.3, 0.4) is 0 Å². The maximum absolute atomic E-state index is 8.96. The second-order valence-electron chi connectivity index (χ2n) is 5.98. The fourth-order valence-electron chi connectivity index (χ4n) is 1.40. The van der Waals surface area contributed by atoms with Crippen LogP contribution in [0.4, 0.5) is 0 Å². The van der Waals surface area contributed by atoms with Crippen LogP contribution >= 0.6 is 0 Å². The summed E-state index contributed by atoms with van der Waals surface area (Å²) in [7, 11) is 0. The molecule has 0 rings (SSSR count). The molecule has 0 spiro atoms. The summed E-state index contributed by atoms with van der Waals surface area (Å²) in [4.78, 5) is 0. The lowest BCUT2D eigenvalue weighted by atomic mass is 10.0. The topological polar surface area (TPSA) is 303 Å². The van der Waals surface area contributed by atoms with Gasteiger partial charge in [0.2, 0.25) is 0 Å². The number of hydrogen-bond acceptors (Lipinski definition) is 15. The maximum atomic E-state index is 8.96. The van der Waals surface area contributed by atoms with Gasteiger partial charge in [-0.2, -0.15) is 0 Å². The molecule has 0 unspecified atom stereocenters. The Balaban J connectivity index is -0.000000386. The van der Waals surface area contributed by atoms with E-state index in [4.69, 9.17) is 76.6 Å². The van der Waals surface area contributed by atoms with E-state index in [1.54, 1.807) is 0 Å². The average Bonchev–Trinajstić information content (AvgIpc) is 2.79. The van der Waals surface area contributed by atoms with Crippen LogP contribution in [-0.4, -0.2) is 171 Å². The van der Waals surface area contributed by atoms with Gasteiger partial charge in [0.05, 0.1) is 39.6 Å². The third-order valence-electron chi connectivity index (χ3n) is 3.45. The van der Waals surface area contributed by atoms with Gasteiger partial charge >= 0.3 is 0 Å². The molecule has 0 aliphatic rings. The van der Waals surface area contributed by atoms with Crippen molar-refractivity contribution in [1.82, 2.24) is 0 Å². The fraction of sp³-hybridized carbons (Fsp3) is 1.00. The molecule has 0 aliphatic carbocycles. The Labute approximate surface area is 172 Å². The predicted molar refractivity (Wildman–Crippen MR) is 96.6 cm³/mol. The minimum absolute atomic E-state index is 0.365. The van der Waals surface area contributed by atoms with Crippen molar-refractivity contribution < 1.29 is 76.6 Å². The van der Waals surface area contributed by atoms with Gasteiger partial charge < -0.3 is 76.6 Å². The number of hydrogen-bond donors (Lipinski definition) is 15. The largest absolute Gasteiger partial charge is 0.394 e. The molecule has 0 aromatic carbocycles. The van der Waals surface area contributed by atoms with Crippen LogP contribution in [0.15, 0.2) is 0 Å². The summed E-state index contributed by atoms with van der Waals surface area (Å²) >= 11 is 0. The van der Waals surface area contributed by atoms with Crippen molar-refractivity contribution in [3.8, 4) is 0 Å². The molecular weight excluding hydrogens is 420 g/mol. The van der Waals surface area contributed by atoms with E-state index in [-0.39, 0.29) is 13.2 Å². The van der Waals surface area contributed by atoms with Gasteiger partial charge in [0.15, 0.2) is 0 Å². The summed E-state index contributed by atoms with van der Waals surface area (Å²) in [5.41, 5.74) is 0. The first kappa shape index (κ1) is 34.0. The van der Waals surface area contributed by atoms with Crippen LogP contribution < -0.4 is 0 Å². The molecule has 30 heavy (non-hydrogen) atoms. The van der Waals surface area contributed by atoms with Crippen molar-refractivity contribution in [2.75, 3.05) is 39.6 Å². The zero-order valence-electron chi connectivity index (χ0n) is 16.1. The van der Waals surface area contributed by atoms with E-state index in [0.29, 0.717) is 0 Å². The van der Waals surface area contributed by atoms with E-state index in [1.165, 1.54) is 0 Å². The van der Waals surface area contributed by atoms with Crippen molar-refractivity contribution in [3.63, 3.8) is 0 Å². The Morgan fingerprint density at radius 2 is 0.467 bits per heavy atom. The molecule has 0 fully saturated rings. The first-order chi connectivity index (χ1) is 13.9. The van der Waals surface area contributed by atoms with E-state index >= 15 is 0 Å². The SMILES string of the molecule is OCC(O)CO.OC[C@@H](O)[C@@H](O)[C@H](O)[C@@H](O)CO.OC[C@@H](O)[C@@H](O)[C@H](O)[C@H](O)CO. The molecule has 15 nitrogen and oxygen atoms in total. The second-order valence-corrected chi connectivity index (χ2v) is 5.98. The van der Waals surface area contributed by atoms with Gasteiger partial charge in [0, 0.05) is 0 Å². The molecule has 0 aromatic heterocycles. The van der Waals surface area contributed by atoms with Crippen LogP contribution in [0, 0.1) is 0 Å². The molecule has 186 valence electrons. The molecule has 0 heterocycles. The second kappa shape index (κ2) is 20.3. The lowest BCUT2D eigenvalue weighted by molar-refractivity contribution is -0.123. The Bertz CT molecular complexity index is 303. The Morgan fingerprint density at radius 1 is 0.300 bits per heavy atom. The Kier molecular flexibility index (Phi) is 23.0. The predicted octanol–water partition coefficient (Wildman–Crippen LogP) is -8.84. The molecule has 0 amide bonds. The zero-order chi connectivity index (χ0) is 24.4. The maximum Gasteiger partial charge on any atom is 0.111 e. The van der Waals surface area contributed by atoms with Crippen LogP contribution in [0.1, 0.15) is 0 Å². The van der Waals surface area contributed by atoms with E-state index in [9.17, 15) is 0 Å². The smallest absolute Gasteiger partial charge is 0.111 e. The highest BCUT2D eigenvalue weighted by Gasteiger charge is 2.30. The summed E-state index contributed by atoms with van der Waals surface area (Å²) in [6, 6.07) is 0. The van der Waals surface area contributed by atoms with Crippen molar-refractivity contribution in [2.45, 2.75) is 54.9 Å². The monoisotopic (exact) mass is 456 g/mol. The van der Waals surface area contributed by atoms with Crippen LogP contribution in [-0.2, 0) is 0 Å². The highest BCUT2D eigenvalue weighted by molar-refractivity contribution is 4.80. The van der Waals surface area contributed by atoms with Crippen molar-refractivity contribution >= 4 is 0 Å². The third kappa shape index (κ3) is 15.2. The van der Waals surface area contributed by atoms with Crippen molar-refractivity contribution in [3.05, 3.63) is 0 Å². The summed E-state index contributed by atoms with van der Waals surface area (Å²) in [6.07, 6.45) is -13.7. The number of aliphatic hydroxyl groups excluding tert-OH is 15. The minimum atomic E-state index is -1.67. The number of aliphatic hydroxyl groups is 15. The normalized spacial score (nSPS) is 19.2. The number of rotatable bonds is 12. The quantitative estimate of drug-likeness (QED) is 0.130. The molecular formula is C15H36O15. The lowest BCUT2D eigenvalue weighted by Gasteiger charge is -2.24. The van der Waals surface area contributed by atoms with Crippen LogP contribution in [0.25, 0.3) is 0 Å². The van der Waals surface area contributed by atoms with Crippen LogP contribution in [0.2, 0.25) is 0 Å². The van der Waals surface area contributed by atoms with E-state index in [2.05, 4.69) is 0 Å². The van der Waals surface area contributed by atoms with E-state index in [1.807, 2.05) is 0 Å². The standard InChI is InChI=1S/2C6H14O6.C3H8O3/c2*7-1-3(9)5(11)6(12)4(10)2-8;4-1-3(6)2-5/h2*3-12H,1-2H2;3-6H,1-2H2/t3-,4+,5-,6-;3-,4-,5-,6-;/m11./s1. The molecule has 0 radical (unpaired) electrons. The zero-order valence-corrected chi connectivity index (χ0v) is 16.1. The van der Waals surface area contributed by atoms with E-state index in [0.717, 1.165) is 0 Å². The van der Waals surface area contributed by atoms with Gasteiger partial charge in [-0.1, -0.05) is 0 Å². The molecule has 0 saturated carbocycles. The van der Waals surface area contributed by atoms with Crippen LogP contribution in [0.5, 0.6) is 0 Å². The molecule has 0 aromatic rings. The van der Waals surface area contributed by atoms with Crippen molar-refractivity contribution in [2.24, 2.45) is 0 Å². The first-order valence-corrected chi connectivity index (χ1v) is 8.67.